The van der Waals surface area contributed by atoms with Crippen LogP contribution in [0.15, 0.2) is 22.7 Å². The minimum Gasteiger partial charge on any atom is -0.395 e. The molecule has 0 radical (unpaired) electrons. The lowest BCUT2D eigenvalue weighted by Crippen LogP contribution is -2.36. The van der Waals surface area contributed by atoms with E-state index >= 15 is 0 Å². The number of halogens is 2. The maximum absolute atomic E-state index is 12.3. The number of rotatable bonds is 6. The third-order valence-electron chi connectivity index (χ3n) is 2.38. The van der Waals surface area contributed by atoms with Crippen LogP contribution in [0.5, 0.6) is 0 Å². The smallest absolute Gasteiger partial charge is 0.255 e. The molecular weight excluding hydrogens is 321 g/mol. The molecule has 0 aliphatic rings. The Bertz CT molecular complexity index is 414. The largest absolute Gasteiger partial charge is 0.395 e. The normalized spacial score (nSPS) is 10.4. The third-order valence-corrected chi connectivity index (χ3v) is 3.28. The van der Waals surface area contributed by atoms with Crippen LogP contribution < -0.4 is 0 Å². The van der Waals surface area contributed by atoms with E-state index in [2.05, 4.69) is 15.9 Å². The van der Waals surface area contributed by atoms with Gasteiger partial charge in [0.1, 0.15) is 0 Å². The Morgan fingerprint density at radius 3 is 2.78 bits per heavy atom. The summed E-state index contributed by atoms with van der Waals surface area (Å²) in [6.07, 6.45) is 0. The first-order valence-corrected chi connectivity index (χ1v) is 6.61. The van der Waals surface area contributed by atoms with Crippen molar-refractivity contribution >= 4 is 33.4 Å². The SMILES string of the molecule is COCCN(CCO)C(=O)c1ccc(Cl)cc1Br. The summed E-state index contributed by atoms with van der Waals surface area (Å²) in [6, 6.07) is 4.99. The predicted molar refractivity (Wildman–Crippen MR) is 74.0 cm³/mol. The molecule has 0 unspecified atom stereocenters. The number of ether oxygens (including phenoxy) is 1. The van der Waals surface area contributed by atoms with E-state index < -0.39 is 0 Å². The van der Waals surface area contributed by atoms with Crippen molar-refractivity contribution in [3.8, 4) is 0 Å². The average molecular weight is 337 g/mol. The lowest BCUT2D eigenvalue weighted by Gasteiger charge is -2.22. The van der Waals surface area contributed by atoms with Gasteiger partial charge in [-0.05, 0) is 34.1 Å². The molecule has 0 fully saturated rings. The summed E-state index contributed by atoms with van der Waals surface area (Å²) in [4.78, 5) is 13.8. The summed E-state index contributed by atoms with van der Waals surface area (Å²) in [5.74, 6) is -0.162. The maximum atomic E-state index is 12.3. The second-order valence-corrected chi connectivity index (χ2v) is 4.92. The summed E-state index contributed by atoms with van der Waals surface area (Å²) in [6.45, 7) is 1.06. The van der Waals surface area contributed by atoms with Gasteiger partial charge in [0.15, 0.2) is 0 Å². The van der Waals surface area contributed by atoms with E-state index in [0.29, 0.717) is 28.2 Å². The summed E-state index contributed by atoms with van der Waals surface area (Å²) >= 11 is 9.14. The van der Waals surface area contributed by atoms with Crippen molar-refractivity contribution in [1.29, 1.82) is 0 Å². The summed E-state index contributed by atoms with van der Waals surface area (Å²) in [7, 11) is 1.57. The van der Waals surface area contributed by atoms with E-state index in [4.69, 9.17) is 21.4 Å². The number of nitrogens with zero attached hydrogens (tertiary/aromatic N) is 1. The highest BCUT2D eigenvalue weighted by Gasteiger charge is 2.17. The van der Waals surface area contributed by atoms with Crippen LogP contribution in [0.2, 0.25) is 5.02 Å². The first-order valence-electron chi connectivity index (χ1n) is 5.44. The topological polar surface area (TPSA) is 49.8 Å². The van der Waals surface area contributed by atoms with Crippen LogP contribution >= 0.6 is 27.5 Å². The molecule has 0 atom stereocenters. The van der Waals surface area contributed by atoms with Crippen LogP contribution in [0.1, 0.15) is 10.4 Å². The van der Waals surface area contributed by atoms with Gasteiger partial charge < -0.3 is 14.7 Å². The monoisotopic (exact) mass is 335 g/mol. The Balaban J connectivity index is 2.87. The molecule has 1 rings (SSSR count). The Labute approximate surface area is 120 Å². The highest BCUT2D eigenvalue weighted by molar-refractivity contribution is 9.10. The fourth-order valence-corrected chi connectivity index (χ4v) is 2.32. The molecule has 0 bridgehead atoms. The zero-order valence-electron chi connectivity index (χ0n) is 10.0. The molecule has 0 heterocycles. The molecule has 0 aliphatic heterocycles. The van der Waals surface area contributed by atoms with Crippen molar-refractivity contribution in [2.75, 3.05) is 33.4 Å². The lowest BCUT2D eigenvalue weighted by molar-refractivity contribution is 0.0655. The van der Waals surface area contributed by atoms with Crippen molar-refractivity contribution in [2.45, 2.75) is 0 Å². The van der Waals surface area contributed by atoms with Gasteiger partial charge in [-0.25, -0.2) is 0 Å². The van der Waals surface area contributed by atoms with Gasteiger partial charge in [-0.3, -0.25) is 4.79 Å². The number of aliphatic hydroxyl groups excluding tert-OH is 1. The second kappa shape index (κ2) is 7.74. The molecule has 1 aromatic rings. The van der Waals surface area contributed by atoms with Gasteiger partial charge in [0.25, 0.3) is 5.91 Å². The standard InChI is InChI=1S/C12H15BrClNO3/c1-18-7-5-15(4-6-16)12(17)10-3-2-9(14)8-11(10)13/h2-3,8,16H,4-7H2,1H3. The molecule has 1 N–H and O–H groups in total. The molecule has 18 heavy (non-hydrogen) atoms. The molecular formula is C12H15BrClNO3. The number of hydrogen-bond acceptors (Lipinski definition) is 3. The van der Waals surface area contributed by atoms with Crippen LogP contribution in [0.3, 0.4) is 0 Å². The zero-order chi connectivity index (χ0) is 13.5. The lowest BCUT2D eigenvalue weighted by atomic mass is 10.2. The number of carbonyl (C=O) groups is 1. The van der Waals surface area contributed by atoms with Crippen LogP contribution in [-0.4, -0.2) is 49.3 Å². The van der Waals surface area contributed by atoms with Gasteiger partial charge >= 0.3 is 0 Å². The fourth-order valence-electron chi connectivity index (χ4n) is 1.47. The van der Waals surface area contributed by atoms with Gasteiger partial charge in [0.05, 0.1) is 18.8 Å². The molecule has 0 spiro atoms. The van der Waals surface area contributed by atoms with E-state index in [1.54, 1.807) is 25.3 Å². The number of hydrogen-bond donors (Lipinski definition) is 1. The summed E-state index contributed by atoms with van der Waals surface area (Å²) < 4.78 is 5.58. The average Bonchev–Trinajstić information content (AvgIpc) is 2.33. The van der Waals surface area contributed by atoms with E-state index in [1.807, 2.05) is 0 Å². The van der Waals surface area contributed by atoms with Crippen LogP contribution in [0.4, 0.5) is 0 Å². The van der Waals surface area contributed by atoms with Gasteiger partial charge in [0, 0.05) is 29.7 Å². The molecule has 0 aromatic heterocycles. The Morgan fingerprint density at radius 2 is 2.22 bits per heavy atom. The molecule has 4 nitrogen and oxygen atoms in total. The second-order valence-electron chi connectivity index (χ2n) is 3.63. The first-order chi connectivity index (χ1) is 8.60. The molecule has 1 amide bonds. The summed E-state index contributed by atoms with van der Waals surface area (Å²) in [5, 5.41) is 9.54. The predicted octanol–water partition coefficient (Wildman–Crippen LogP) is 2.18. The van der Waals surface area contributed by atoms with E-state index in [0.717, 1.165) is 0 Å². The van der Waals surface area contributed by atoms with Crippen LogP contribution in [0.25, 0.3) is 0 Å². The Morgan fingerprint density at radius 1 is 1.50 bits per heavy atom. The molecule has 0 saturated heterocycles. The third kappa shape index (κ3) is 4.24. The maximum Gasteiger partial charge on any atom is 0.255 e. The number of methoxy groups -OCH3 is 1. The van der Waals surface area contributed by atoms with Gasteiger partial charge in [-0.15, -0.1) is 0 Å². The number of aliphatic hydroxyl groups is 1. The summed E-state index contributed by atoms with van der Waals surface area (Å²) in [5.41, 5.74) is 0.518. The first kappa shape index (κ1) is 15.4. The number of carbonyl (C=O) groups excluding carboxylic acids is 1. The number of amides is 1. The van der Waals surface area contributed by atoms with Crippen molar-refractivity contribution < 1.29 is 14.6 Å². The molecule has 6 heteroatoms. The fraction of sp³-hybridized carbons (Fsp3) is 0.417. The van der Waals surface area contributed by atoms with Gasteiger partial charge in [0.2, 0.25) is 0 Å². The Hall–Kier alpha value is -0.620. The highest BCUT2D eigenvalue weighted by atomic mass is 79.9. The quantitative estimate of drug-likeness (QED) is 0.866. The van der Waals surface area contributed by atoms with Crippen molar-refractivity contribution in [2.24, 2.45) is 0 Å². The van der Waals surface area contributed by atoms with Gasteiger partial charge in [-0.1, -0.05) is 11.6 Å². The van der Waals surface area contributed by atoms with Gasteiger partial charge in [-0.2, -0.15) is 0 Å². The van der Waals surface area contributed by atoms with Crippen LogP contribution in [-0.2, 0) is 4.74 Å². The van der Waals surface area contributed by atoms with Crippen LogP contribution in [0, 0.1) is 0 Å². The van der Waals surface area contributed by atoms with Crippen molar-refractivity contribution in [3.05, 3.63) is 33.3 Å². The minimum absolute atomic E-state index is 0.0827. The zero-order valence-corrected chi connectivity index (χ0v) is 12.4. The van der Waals surface area contributed by atoms with E-state index in [9.17, 15) is 4.79 Å². The highest BCUT2D eigenvalue weighted by Crippen LogP contribution is 2.22. The Kier molecular flexibility index (Phi) is 6.63. The van der Waals surface area contributed by atoms with E-state index in [1.165, 1.54) is 4.90 Å². The van der Waals surface area contributed by atoms with Crippen molar-refractivity contribution in [1.82, 2.24) is 4.90 Å². The molecule has 100 valence electrons. The van der Waals surface area contributed by atoms with Crippen molar-refractivity contribution in [3.63, 3.8) is 0 Å². The molecule has 1 aromatic carbocycles. The number of benzene rings is 1. The van der Waals surface area contributed by atoms with E-state index in [-0.39, 0.29) is 19.1 Å². The molecule has 0 aliphatic carbocycles. The molecule has 0 saturated carbocycles. The minimum atomic E-state index is -0.162.